The zero-order valence-electron chi connectivity index (χ0n) is 14.6. The molecule has 0 saturated carbocycles. The van der Waals surface area contributed by atoms with Crippen molar-refractivity contribution < 1.29 is 4.74 Å². The summed E-state index contributed by atoms with van der Waals surface area (Å²) in [6, 6.07) is 16.9. The Bertz CT molecular complexity index is 995. The minimum atomic E-state index is -0.533. The minimum Gasteiger partial charge on any atom is -0.497 e. The monoisotopic (exact) mass is 369 g/mol. The number of methoxy groups -OCH3 is 1. The van der Waals surface area contributed by atoms with Crippen LogP contribution in [-0.4, -0.2) is 27.5 Å². The standard InChI is InChI=1S/C19H19N3O3S/c1-25-16-10-8-15(9-11-16)13-22-18(26-2)20-17(23)21(19(22)24)12-14-6-4-3-5-7-14/h3-11H,12-13H2,1-2H3. The first-order valence-electron chi connectivity index (χ1n) is 8.05. The average Bonchev–Trinajstić information content (AvgIpc) is 2.68. The highest BCUT2D eigenvalue weighted by atomic mass is 32.2. The lowest BCUT2D eigenvalue weighted by molar-refractivity contribution is 0.414. The number of aromatic nitrogens is 3. The molecule has 0 spiro atoms. The van der Waals surface area contributed by atoms with Gasteiger partial charge in [0.1, 0.15) is 5.75 Å². The van der Waals surface area contributed by atoms with Gasteiger partial charge in [0.15, 0.2) is 5.16 Å². The third-order valence-electron chi connectivity index (χ3n) is 3.98. The molecule has 3 rings (SSSR count). The Morgan fingerprint density at radius 1 is 0.923 bits per heavy atom. The highest BCUT2D eigenvalue weighted by molar-refractivity contribution is 7.98. The maximum absolute atomic E-state index is 12.9. The van der Waals surface area contributed by atoms with Crippen molar-refractivity contribution in [2.24, 2.45) is 0 Å². The highest BCUT2D eigenvalue weighted by Gasteiger charge is 2.13. The van der Waals surface area contributed by atoms with Gasteiger partial charge >= 0.3 is 11.4 Å². The van der Waals surface area contributed by atoms with Gasteiger partial charge in [0.05, 0.1) is 20.2 Å². The molecule has 0 aliphatic heterocycles. The van der Waals surface area contributed by atoms with E-state index in [-0.39, 0.29) is 12.2 Å². The molecule has 0 aliphatic carbocycles. The molecule has 0 aliphatic rings. The maximum Gasteiger partial charge on any atom is 0.354 e. The third-order valence-corrected chi connectivity index (χ3v) is 4.66. The zero-order valence-corrected chi connectivity index (χ0v) is 15.4. The fourth-order valence-corrected chi connectivity index (χ4v) is 3.15. The molecule has 3 aromatic rings. The van der Waals surface area contributed by atoms with Crippen LogP contribution < -0.4 is 16.1 Å². The molecule has 1 aromatic heterocycles. The quantitative estimate of drug-likeness (QED) is 0.624. The first kappa shape index (κ1) is 18.0. The van der Waals surface area contributed by atoms with E-state index in [9.17, 15) is 9.59 Å². The van der Waals surface area contributed by atoms with E-state index in [4.69, 9.17) is 4.74 Å². The van der Waals surface area contributed by atoms with Crippen LogP contribution in [0.2, 0.25) is 0 Å². The topological polar surface area (TPSA) is 66.1 Å². The van der Waals surface area contributed by atoms with Crippen molar-refractivity contribution in [3.8, 4) is 5.75 Å². The van der Waals surface area contributed by atoms with E-state index in [0.29, 0.717) is 11.7 Å². The van der Waals surface area contributed by atoms with Crippen molar-refractivity contribution in [2.75, 3.05) is 13.4 Å². The summed E-state index contributed by atoms with van der Waals surface area (Å²) in [5.41, 5.74) is 0.902. The van der Waals surface area contributed by atoms with E-state index >= 15 is 0 Å². The fraction of sp³-hybridized carbons (Fsp3) is 0.211. The number of rotatable bonds is 6. The van der Waals surface area contributed by atoms with Gasteiger partial charge < -0.3 is 4.74 Å². The van der Waals surface area contributed by atoms with Crippen molar-refractivity contribution in [2.45, 2.75) is 18.2 Å². The van der Waals surface area contributed by atoms with Crippen LogP contribution in [0.4, 0.5) is 0 Å². The lowest BCUT2D eigenvalue weighted by Gasteiger charge is -2.13. The smallest absolute Gasteiger partial charge is 0.354 e. The van der Waals surface area contributed by atoms with Crippen LogP contribution in [0.1, 0.15) is 11.1 Å². The predicted molar refractivity (Wildman–Crippen MR) is 102 cm³/mol. The second-order valence-corrected chi connectivity index (χ2v) is 6.44. The first-order chi connectivity index (χ1) is 12.6. The summed E-state index contributed by atoms with van der Waals surface area (Å²) < 4.78 is 7.85. The van der Waals surface area contributed by atoms with E-state index in [2.05, 4.69) is 4.98 Å². The van der Waals surface area contributed by atoms with Gasteiger partial charge in [-0.2, -0.15) is 4.98 Å². The molecule has 0 radical (unpaired) electrons. The second-order valence-electron chi connectivity index (χ2n) is 5.67. The van der Waals surface area contributed by atoms with E-state index in [1.54, 1.807) is 13.4 Å². The normalized spacial score (nSPS) is 10.7. The fourth-order valence-electron chi connectivity index (χ4n) is 2.62. The summed E-state index contributed by atoms with van der Waals surface area (Å²) in [7, 11) is 1.61. The van der Waals surface area contributed by atoms with Crippen molar-refractivity contribution >= 4 is 11.8 Å². The highest BCUT2D eigenvalue weighted by Crippen LogP contribution is 2.14. The number of benzene rings is 2. The molecule has 0 fully saturated rings. The number of nitrogens with zero attached hydrogens (tertiary/aromatic N) is 3. The van der Waals surface area contributed by atoms with E-state index in [1.165, 1.54) is 20.9 Å². The Morgan fingerprint density at radius 2 is 1.54 bits per heavy atom. The van der Waals surface area contributed by atoms with Crippen LogP contribution in [0.25, 0.3) is 0 Å². The molecule has 7 heteroatoms. The van der Waals surface area contributed by atoms with E-state index < -0.39 is 5.69 Å². The molecular formula is C19H19N3O3S. The van der Waals surface area contributed by atoms with Crippen LogP contribution >= 0.6 is 11.8 Å². The van der Waals surface area contributed by atoms with Crippen LogP contribution in [0, 0.1) is 0 Å². The summed E-state index contributed by atoms with van der Waals surface area (Å²) in [5.74, 6) is 0.748. The first-order valence-corrected chi connectivity index (χ1v) is 9.27. The van der Waals surface area contributed by atoms with Crippen LogP contribution in [0.15, 0.2) is 69.3 Å². The lowest BCUT2D eigenvalue weighted by Crippen LogP contribution is -2.42. The van der Waals surface area contributed by atoms with Gasteiger partial charge in [-0.1, -0.05) is 54.2 Å². The Morgan fingerprint density at radius 3 is 2.15 bits per heavy atom. The number of thioether (sulfide) groups is 1. The van der Waals surface area contributed by atoms with Gasteiger partial charge in [0, 0.05) is 0 Å². The molecule has 0 unspecified atom stereocenters. The molecule has 6 nitrogen and oxygen atoms in total. The van der Waals surface area contributed by atoms with E-state index in [0.717, 1.165) is 16.9 Å². The van der Waals surface area contributed by atoms with Gasteiger partial charge in [-0.15, -0.1) is 0 Å². The van der Waals surface area contributed by atoms with Gasteiger partial charge in [0.2, 0.25) is 0 Å². The van der Waals surface area contributed by atoms with Gasteiger partial charge in [-0.05, 0) is 29.5 Å². The summed E-state index contributed by atoms with van der Waals surface area (Å²) in [6.07, 6.45) is 1.80. The third kappa shape index (κ3) is 3.88. The van der Waals surface area contributed by atoms with Gasteiger partial charge in [-0.25, -0.2) is 14.2 Å². The van der Waals surface area contributed by atoms with Crippen LogP contribution in [0.5, 0.6) is 5.75 Å². The Labute approximate surface area is 155 Å². The Hall–Kier alpha value is -2.80. The Balaban J connectivity index is 2.01. The summed E-state index contributed by atoms with van der Waals surface area (Å²) >= 11 is 1.28. The predicted octanol–water partition coefficient (Wildman–Crippen LogP) is 2.23. The summed E-state index contributed by atoms with van der Waals surface area (Å²) in [6.45, 7) is 0.532. The lowest BCUT2D eigenvalue weighted by atomic mass is 10.2. The molecule has 0 atom stereocenters. The van der Waals surface area contributed by atoms with Crippen molar-refractivity contribution in [1.29, 1.82) is 0 Å². The van der Waals surface area contributed by atoms with Crippen molar-refractivity contribution in [3.63, 3.8) is 0 Å². The van der Waals surface area contributed by atoms with E-state index in [1.807, 2.05) is 54.6 Å². The molecule has 0 bridgehead atoms. The summed E-state index contributed by atoms with van der Waals surface area (Å²) in [5, 5.41) is 0.403. The molecule has 26 heavy (non-hydrogen) atoms. The van der Waals surface area contributed by atoms with Gasteiger partial charge in [0.25, 0.3) is 0 Å². The maximum atomic E-state index is 12.9. The zero-order chi connectivity index (χ0) is 18.5. The molecular weight excluding hydrogens is 350 g/mol. The van der Waals surface area contributed by atoms with Crippen LogP contribution in [-0.2, 0) is 13.1 Å². The number of hydrogen-bond acceptors (Lipinski definition) is 5. The molecule has 134 valence electrons. The van der Waals surface area contributed by atoms with Crippen LogP contribution in [0.3, 0.4) is 0 Å². The average molecular weight is 369 g/mol. The largest absolute Gasteiger partial charge is 0.497 e. The molecule has 2 aromatic carbocycles. The van der Waals surface area contributed by atoms with Gasteiger partial charge in [-0.3, -0.25) is 4.57 Å². The second kappa shape index (κ2) is 8.05. The molecule has 0 N–H and O–H groups in total. The van der Waals surface area contributed by atoms with Crippen molar-refractivity contribution in [3.05, 3.63) is 86.7 Å². The Kier molecular flexibility index (Phi) is 5.58. The molecule has 0 saturated heterocycles. The molecule has 0 amide bonds. The number of hydrogen-bond donors (Lipinski definition) is 0. The minimum absolute atomic E-state index is 0.197. The number of ether oxygens (including phenoxy) is 1. The summed E-state index contributed by atoms with van der Waals surface area (Å²) in [4.78, 5) is 29.4. The van der Waals surface area contributed by atoms with Crippen molar-refractivity contribution in [1.82, 2.24) is 14.1 Å². The molecule has 1 heterocycles. The SMILES string of the molecule is COc1ccc(Cn2c(SC)nc(=O)n(Cc3ccccc3)c2=O)cc1.